The highest BCUT2D eigenvalue weighted by Crippen LogP contribution is 2.26. The van der Waals surface area contributed by atoms with E-state index in [4.69, 9.17) is 0 Å². The van der Waals surface area contributed by atoms with Crippen LogP contribution in [-0.2, 0) is 7.05 Å². The molecule has 9 nitrogen and oxygen atoms in total. The van der Waals surface area contributed by atoms with Gasteiger partial charge >= 0.3 is 5.69 Å². The van der Waals surface area contributed by atoms with Crippen LogP contribution in [0.2, 0.25) is 0 Å². The molecular weight excluding hydrogens is 262 g/mol. The molecule has 9 heteroatoms. The van der Waals surface area contributed by atoms with Crippen molar-refractivity contribution in [3.63, 3.8) is 0 Å². The molecule has 20 heavy (non-hydrogen) atoms. The van der Waals surface area contributed by atoms with Gasteiger partial charge in [0.25, 0.3) is 0 Å². The summed E-state index contributed by atoms with van der Waals surface area (Å²) in [5.41, 5.74) is 1.21. The summed E-state index contributed by atoms with van der Waals surface area (Å²) in [6.45, 7) is 4.33. The first-order valence-electron chi connectivity index (χ1n) is 6.03. The fraction of sp³-hybridized carbons (Fsp3) is 0.364. The second kappa shape index (κ2) is 5.51. The second-order valence-electron chi connectivity index (χ2n) is 4.14. The van der Waals surface area contributed by atoms with E-state index < -0.39 is 4.92 Å². The average Bonchev–Trinajstić information content (AvgIpc) is 2.68. The molecule has 0 amide bonds. The van der Waals surface area contributed by atoms with Gasteiger partial charge in [-0.05, 0) is 13.8 Å². The third kappa shape index (κ3) is 2.82. The van der Waals surface area contributed by atoms with E-state index in [1.807, 2.05) is 6.92 Å². The Bertz CT molecular complexity index is 638. The summed E-state index contributed by atoms with van der Waals surface area (Å²) in [7, 11) is 1.77. The summed E-state index contributed by atoms with van der Waals surface area (Å²) < 4.78 is 1.62. The van der Waals surface area contributed by atoms with Crippen molar-refractivity contribution in [2.45, 2.75) is 13.8 Å². The van der Waals surface area contributed by atoms with Crippen LogP contribution in [0.1, 0.15) is 12.6 Å². The number of nitrogens with one attached hydrogen (secondary N) is 2. The largest absolute Gasteiger partial charge is 0.354 e. The highest BCUT2D eigenvalue weighted by atomic mass is 16.6. The normalized spacial score (nSPS) is 10.3. The smallest absolute Gasteiger partial charge is 0.329 e. The third-order valence-electron chi connectivity index (χ3n) is 2.57. The summed E-state index contributed by atoms with van der Waals surface area (Å²) in [6, 6.07) is 0. The SMILES string of the molecule is CCNc1ncc([N+](=O)[O-])c(Nc2cn(C)nc2C)n1. The molecule has 0 saturated heterocycles. The van der Waals surface area contributed by atoms with Gasteiger partial charge in [0.1, 0.15) is 6.20 Å². The lowest BCUT2D eigenvalue weighted by atomic mass is 10.4. The number of nitro groups is 1. The summed E-state index contributed by atoms with van der Waals surface area (Å²) in [6.07, 6.45) is 2.91. The molecule has 2 rings (SSSR count). The van der Waals surface area contributed by atoms with E-state index in [0.29, 0.717) is 18.2 Å². The van der Waals surface area contributed by atoms with Crippen LogP contribution in [0.15, 0.2) is 12.4 Å². The van der Waals surface area contributed by atoms with Crippen molar-refractivity contribution in [1.29, 1.82) is 0 Å². The third-order valence-corrected chi connectivity index (χ3v) is 2.57. The number of hydrogen-bond donors (Lipinski definition) is 2. The second-order valence-corrected chi connectivity index (χ2v) is 4.14. The van der Waals surface area contributed by atoms with Crippen LogP contribution >= 0.6 is 0 Å². The van der Waals surface area contributed by atoms with E-state index in [-0.39, 0.29) is 11.5 Å². The number of hydrogen-bond acceptors (Lipinski definition) is 7. The van der Waals surface area contributed by atoms with E-state index in [1.165, 1.54) is 6.20 Å². The van der Waals surface area contributed by atoms with Crippen molar-refractivity contribution >= 4 is 23.1 Å². The zero-order valence-corrected chi connectivity index (χ0v) is 11.4. The van der Waals surface area contributed by atoms with Crippen LogP contribution in [-0.4, -0.2) is 31.2 Å². The zero-order chi connectivity index (χ0) is 14.7. The van der Waals surface area contributed by atoms with Gasteiger partial charge in [-0.2, -0.15) is 10.1 Å². The average molecular weight is 277 g/mol. The minimum atomic E-state index is -0.524. The highest BCUT2D eigenvalue weighted by Gasteiger charge is 2.18. The fourth-order valence-electron chi connectivity index (χ4n) is 1.69. The predicted molar refractivity (Wildman–Crippen MR) is 74.1 cm³/mol. The molecule has 0 unspecified atom stereocenters. The Morgan fingerprint density at radius 2 is 2.25 bits per heavy atom. The van der Waals surface area contributed by atoms with Crippen LogP contribution in [0.3, 0.4) is 0 Å². The molecule has 2 aromatic heterocycles. The van der Waals surface area contributed by atoms with Gasteiger partial charge in [0.2, 0.25) is 11.8 Å². The quantitative estimate of drug-likeness (QED) is 0.630. The van der Waals surface area contributed by atoms with Gasteiger partial charge in [0, 0.05) is 19.8 Å². The number of aryl methyl sites for hydroxylation is 2. The molecule has 0 aromatic carbocycles. The molecular formula is C11H15N7O2. The maximum Gasteiger partial charge on any atom is 0.329 e. The van der Waals surface area contributed by atoms with Crippen molar-refractivity contribution < 1.29 is 4.92 Å². The lowest BCUT2D eigenvalue weighted by molar-refractivity contribution is -0.384. The number of aromatic nitrogens is 4. The highest BCUT2D eigenvalue weighted by molar-refractivity contribution is 5.66. The summed E-state index contributed by atoms with van der Waals surface area (Å²) in [5.74, 6) is 0.471. The molecule has 2 N–H and O–H groups in total. The molecule has 0 saturated carbocycles. The van der Waals surface area contributed by atoms with Crippen LogP contribution in [0.25, 0.3) is 0 Å². The molecule has 0 spiro atoms. The molecule has 0 aliphatic rings. The molecule has 0 aliphatic heterocycles. The molecule has 106 valence electrons. The molecule has 2 aromatic rings. The monoisotopic (exact) mass is 277 g/mol. The lowest BCUT2D eigenvalue weighted by Crippen LogP contribution is -2.06. The Balaban J connectivity index is 2.39. The summed E-state index contributed by atoms with van der Waals surface area (Å²) in [4.78, 5) is 18.5. The Hall–Kier alpha value is -2.71. The predicted octanol–water partition coefficient (Wildman–Crippen LogP) is 1.60. The molecule has 0 radical (unpaired) electrons. The van der Waals surface area contributed by atoms with Gasteiger partial charge < -0.3 is 10.6 Å². The molecule has 2 heterocycles. The Morgan fingerprint density at radius 3 is 2.80 bits per heavy atom. The van der Waals surface area contributed by atoms with Crippen molar-refractivity contribution in [2.75, 3.05) is 17.2 Å². The minimum Gasteiger partial charge on any atom is -0.354 e. The fourth-order valence-corrected chi connectivity index (χ4v) is 1.69. The van der Waals surface area contributed by atoms with Gasteiger partial charge in [-0.3, -0.25) is 14.8 Å². The minimum absolute atomic E-state index is 0.136. The Labute approximate surface area is 115 Å². The lowest BCUT2D eigenvalue weighted by Gasteiger charge is -2.07. The van der Waals surface area contributed by atoms with Crippen LogP contribution in [0.5, 0.6) is 0 Å². The number of rotatable bonds is 5. The van der Waals surface area contributed by atoms with Gasteiger partial charge in [-0.25, -0.2) is 4.98 Å². The van der Waals surface area contributed by atoms with E-state index in [1.54, 1.807) is 24.9 Å². The number of anilines is 3. The van der Waals surface area contributed by atoms with Crippen LogP contribution in [0.4, 0.5) is 23.1 Å². The Morgan fingerprint density at radius 1 is 1.50 bits per heavy atom. The summed E-state index contributed by atoms with van der Waals surface area (Å²) in [5, 5.41) is 21.0. The van der Waals surface area contributed by atoms with Crippen LogP contribution in [0, 0.1) is 17.0 Å². The maximum absolute atomic E-state index is 11.0. The van der Waals surface area contributed by atoms with Gasteiger partial charge in [-0.15, -0.1) is 0 Å². The summed E-state index contributed by atoms with van der Waals surface area (Å²) >= 11 is 0. The van der Waals surface area contributed by atoms with Gasteiger partial charge in [0.05, 0.1) is 16.3 Å². The van der Waals surface area contributed by atoms with E-state index >= 15 is 0 Å². The Kier molecular flexibility index (Phi) is 3.78. The van der Waals surface area contributed by atoms with Crippen molar-refractivity contribution in [3.05, 3.63) is 28.2 Å². The van der Waals surface area contributed by atoms with Crippen molar-refractivity contribution in [3.8, 4) is 0 Å². The first-order chi connectivity index (χ1) is 9.51. The zero-order valence-electron chi connectivity index (χ0n) is 11.4. The van der Waals surface area contributed by atoms with E-state index in [0.717, 1.165) is 5.69 Å². The van der Waals surface area contributed by atoms with E-state index in [2.05, 4.69) is 25.7 Å². The first kappa shape index (κ1) is 13.7. The maximum atomic E-state index is 11.0. The van der Waals surface area contributed by atoms with Crippen molar-refractivity contribution in [2.24, 2.45) is 7.05 Å². The topological polar surface area (TPSA) is 111 Å². The van der Waals surface area contributed by atoms with E-state index in [9.17, 15) is 10.1 Å². The van der Waals surface area contributed by atoms with Gasteiger partial charge in [-0.1, -0.05) is 0 Å². The molecule has 0 atom stereocenters. The molecule has 0 fully saturated rings. The molecule has 0 aliphatic carbocycles. The molecule has 0 bridgehead atoms. The van der Waals surface area contributed by atoms with Crippen LogP contribution < -0.4 is 10.6 Å². The standard InChI is InChI=1S/C11H15N7O2/c1-4-12-11-13-5-9(18(19)20)10(15-11)14-8-6-17(3)16-7(8)2/h5-6H,4H2,1-3H3,(H2,12,13,14,15). The first-order valence-corrected chi connectivity index (χ1v) is 6.03. The van der Waals surface area contributed by atoms with Crippen molar-refractivity contribution in [1.82, 2.24) is 19.7 Å². The number of nitrogens with zero attached hydrogens (tertiary/aromatic N) is 5. The van der Waals surface area contributed by atoms with Gasteiger partial charge in [0.15, 0.2) is 0 Å².